The summed E-state index contributed by atoms with van der Waals surface area (Å²) in [6, 6.07) is 9.32. The molecule has 1 saturated heterocycles. The smallest absolute Gasteiger partial charge is 0.323 e. The Kier molecular flexibility index (Phi) is 6.71. The van der Waals surface area contributed by atoms with E-state index in [2.05, 4.69) is 33.0 Å². The lowest BCUT2D eigenvalue weighted by Gasteiger charge is -2.28. The molecule has 1 aromatic carbocycles. The molecule has 1 fully saturated rings. The SMILES string of the molecule is CC(F)(F)c1ccc(NC(=O)NC2=CNC3PCCC(c4ccc(N5CCOCC5)nc4)=C23)cc1. The van der Waals surface area contributed by atoms with Gasteiger partial charge in [0.25, 0.3) is 5.92 Å². The number of halogens is 2. The van der Waals surface area contributed by atoms with Crippen LogP contribution in [0, 0.1) is 0 Å². The molecule has 2 atom stereocenters. The summed E-state index contributed by atoms with van der Waals surface area (Å²) < 4.78 is 32.3. The highest BCUT2D eigenvalue weighted by Crippen LogP contribution is 2.43. The summed E-state index contributed by atoms with van der Waals surface area (Å²) in [7, 11) is 0.710. The van der Waals surface area contributed by atoms with Crippen molar-refractivity contribution in [3.05, 3.63) is 71.2 Å². The molecular formula is C25H28F2N5O2P. The van der Waals surface area contributed by atoms with Gasteiger partial charge in [0, 0.05) is 49.2 Å². The number of morpholine rings is 1. The summed E-state index contributed by atoms with van der Waals surface area (Å²) in [6.45, 7) is 3.94. The van der Waals surface area contributed by atoms with Crippen molar-refractivity contribution < 1.29 is 18.3 Å². The number of pyridine rings is 1. The zero-order valence-corrected chi connectivity index (χ0v) is 20.4. The number of urea groups is 1. The van der Waals surface area contributed by atoms with Crippen molar-refractivity contribution in [2.45, 2.75) is 25.1 Å². The first-order valence-electron chi connectivity index (χ1n) is 11.7. The maximum Gasteiger partial charge on any atom is 0.323 e. The lowest BCUT2D eigenvalue weighted by molar-refractivity contribution is 0.0175. The van der Waals surface area contributed by atoms with Crippen LogP contribution in [0.4, 0.5) is 25.1 Å². The number of rotatable bonds is 5. The Balaban J connectivity index is 1.31. The minimum Gasteiger partial charge on any atom is -0.379 e. The second kappa shape index (κ2) is 9.91. The molecule has 5 rings (SSSR count). The Hall–Kier alpha value is -3.03. The molecule has 0 radical (unpaired) electrons. The van der Waals surface area contributed by atoms with Crippen LogP contribution in [0.15, 0.2) is 60.1 Å². The van der Waals surface area contributed by atoms with Crippen molar-refractivity contribution in [1.29, 1.82) is 0 Å². The summed E-state index contributed by atoms with van der Waals surface area (Å²) >= 11 is 0. The number of ether oxygens (including phenoxy) is 1. The van der Waals surface area contributed by atoms with E-state index in [9.17, 15) is 13.6 Å². The van der Waals surface area contributed by atoms with Crippen LogP contribution in [0.2, 0.25) is 0 Å². The lowest BCUT2D eigenvalue weighted by Crippen LogP contribution is -2.36. The average molecular weight is 500 g/mol. The fourth-order valence-electron chi connectivity index (χ4n) is 4.54. The maximum atomic E-state index is 13.4. The average Bonchev–Trinajstić information content (AvgIpc) is 3.27. The molecule has 35 heavy (non-hydrogen) atoms. The summed E-state index contributed by atoms with van der Waals surface area (Å²) in [5.41, 5.74) is 4.40. The molecule has 3 aliphatic heterocycles. The Bertz CT molecular complexity index is 1140. The van der Waals surface area contributed by atoms with Crippen LogP contribution in [-0.4, -0.2) is 49.3 Å². The number of carbonyl (C=O) groups excluding carboxylic acids is 1. The molecule has 3 N–H and O–H groups in total. The second-order valence-electron chi connectivity index (χ2n) is 8.80. The number of fused-ring (bicyclic) bond motifs is 1. The second-order valence-corrected chi connectivity index (χ2v) is 10.3. The molecule has 10 heteroatoms. The van der Waals surface area contributed by atoms with Gasteiger partial charge in [-0.2, -0.15) is 0 Å². The number of carbonyl (C=O) groups is 1. The largest absolute Gasteiger partial charge is 0.379 e. The molecule has 0 saturated carbocycles. The number of hydrogen-bond donors (Lipinski definition) is 3. The first-order chi connectivity index (χ1) is 16.9. The summed E-state index contributed by atoms with van der Waals surface area (Å²) in [4.78, 5) is 19.6. The van der Waals surface area contributed by atoms with Gasteiger partial charge >= 0.3 is 6.03 Å². The monoisotopic (exact) mass is 499 g/mol. The van der Waals surface area contributed by atoms with E-state index in [0.717, 1.165) is 55.2 Å². The predicted octanol–water partition coefficient (Wildman–Crippen LogP) is 4.46. The normalized spacial score (nSPS) is 20.8. The highest BCUT2D eigenvalue weighted by atomic mass is 31.1. The minimum atomic E-state index is -2.92. The van der Waals surface area contributed by atoms with Crippen molar-refractivity contribution in [2.75, 3.05) is 42.7 Å². The summed E-state index contributed by atoms with van der Waals surface area (Å²) in [5, 5.41) is 9.06. The first kappa shape index (κ1) is 23.7. The molecule has 4 heterocycles. The molecule has 7 nitrogen and oxygen atoms in total. The van der Waals surface area contributed by atoms with E-state index >= 15 is 0 Å². The third-order valence-corrected chi connectivity index (χ3v) is 7.75. The zero-order chi connectivity index (χ0) is 24.4. The van der Waals surface area contributed by atoms with Gasteiger partial charge in [-0.1, -0.05) is 20.7 Å². The maximum absolute atomic E-state index is 13.4. The number of allylic oxidation sites excluding steroid dienone is 1. The zero-order valence-electron chi connectivity index (χ0n) is 19.4. The Labute approximate surface area is 204 Å². The van der Waals surface area contributed by atoms with Gasteiger partial charge in [0.2, 0.25) is 0 Å². The van der Waals surface area contributed by atoms with Crippen molar-refractivity contribution in [3.8, 4) is 0 Å². The van der Waals surface area contributed by atoms with E-state index in [1.807, 2.05) is 12.4 Å². The predicted molar refractivity (Wildman–Crippen MR) is 135 cm³/mol. The van der Waals surface area contributed by atoms with Gasteiger partial charge in [-0.25, -0.2) is 18.6 Å². The first-order valence-corrected chi connectivity index (χ1v) is 13.0. The standard InChI is InChI=1S/C25H28F2N5O2P/c1-25(26,27)17-3-5-18(6-4-17)30-24(33)31-20-15-29-23-22(20)19(8-13-35-23)16-2-7-21(28-14-16)32-9-11-34-12-10-32/h2-7,14-15,23,29,35H,8-13H2,1H3,(H2,30,31,33). The summed E-state index contributed by atoms with van der Waals surface area (Å²) in [6.07, 6.45) is 5.75. The van der Waals surface area contributed by atoms with E-state index < -0.39 is 12.0 Å². The molecule has 2 amide bonds. The third-order valence-electron chi connectivity index (χ3n) is 6.35. The van der Waals surface area contributed by atoms with Crippen molar-refractivity contribution in [2.24, 2.45) is 0 Å². The van der Waals surface area contributed by atoms with E-state index in [0.29, 0.717) is 27.5 Å². The topological polar surface area (TPSA) is 78.5 Å². The fraction of sp³-hybridized carbons (Fsp3) is 0.360. The molecule has 3 aliphatic rings. The van der Waals surface area contributed by atoms with E-state index in [1.54, 1.807) is 0 Å². The molecule has 184 valence electrons. The van der Waals surface area contributed by atoms with Crippen LogP contribution in [0.25, 0.3) is 5.57 Å². The van der Waals surface area contributed by atoms with Gasteiger partial charge < -0.3 is 25.6 Å². The number of aromatic nitrogens is 1. The number of benzene rings is 1. The molecule has 0 bridgehead atoms. The highest BCUT2D eigenvalue weighted by Gasteiger charge is 2.31. The Morgan fingerprint density at radius 3 is 2.63 bits per heavy atom. The third kappa shape index (κ3) is 5.31. The van der Waals surface area contributed by atoms with Crippen molar-refractivity contribution in [3.63, 3.8) is 0 Å². The van der Waals surface area contributed by atoms with Crippen LogP contribution in [0.5, 0.6) is 0 Å². The quantitative estimate of drug-likeness (QED) is 0.530. The van der Waals surface area contributed by atoms with E-state index in [-0.39, 0.29) is 11.3 Å². The fourth-order valence-corrected chi connectivity index (χ4v) is 5.95. The number of alkyl halides is 2. The molecule has 1 aromatic heterocycles. The van der Waals surface area contributed by atoms with Crippen LogP contribution in [-0.2, 0) is 10.7 Å². The van der Waals surface area contributed by atoms with Crippen LogP contribution in [0.3, 0.4) is 0 Å². The van der Waals surface area contributed by atoms with Gasteiger partial charge in [0.05, 0.1) is 24.7 Å². The lowest BCUT2D eigenvalue weighted by atomic mass is 9.97. The highest BCUT2D eigenvalue weighted by molar-refractivity contribution is 7.39. The van der Waals surface area contributed by atoms with Crippen LogP contribution < -0.4 is 20.9 Å². The number of anilines is 2. The van der Waals surface area contributed by atoms with Crippen molar-refractivity contribution >= 4 is 31.7 Å². The van der Waals surface area contributed by atoms with Gasteiger partial charge in [-0.15, -0.1) is 0 Å². The number of hydrogen-bond acceptors (Lipinski definition) is 5. The van der Waals surface area contributed by atoms with Gasteiger partial charge in [-0.05, 0) is 48.0 Å². The number of nitrogens with one attached hydrogen (secondary N) is 3. The number of amides is 2. The molecule has 2 aromatic rings. The molecular weight excluding hydrogens is 471 g/mol. The van der Waals surface area contributed by atoms with E-state index in [1.165, 1.54) is 29.8 Å². The molecule has 2 unspecified atom stereocenters. The van der Waals surface area contributed by atoms with E-state index in [4.69, 9.17) is 9.72 Å². The van der Waals surface area contributed by atoms with Gasteiger partial charge in [0.15, 0.2) is 0 Å². The van der Waals surface area contributed by atoms with Crippen molar-refractivity contribution in [1.82, 2.24) is 15.6 Å². The Morgan fingerprint density at radius 1 is 1.17 bits per heavy atom. The van der Waals surface area contributed by atoms with Gasteiger partial charge in [-0.3, -0.25) is 0 Å². The van der Waals surface area contributed by atoms with Gasteiger partial charge in [0.1, 0.15) is 5.82 Å². The molecule has 0 spiro atoms. The summed E-state index contributed by atoms with van der Waals surface area (Å²) in [5.74, 6) is -1.81. The number of nitrogens with zero attached hydrogens (tertiary/aromatic N) is 2. The minimum absolute atomic E-state index is 0.0970. The van der Waals surface area contributed by atoms with Crippen LogP contribution >= 0.6 is 8.58 Å². The Morgan fingerprint density at radius 2 is 1.94 bits per heavy atom. The van der Waals surface area contributed by atoms with Crippen LogP contribution in [0.1, 0.15) is 24.5 Å². The molecule has 0 aliphatic carbocycles.